The zero-order valence-corrected chi connectivity index (χ0v) is 8.55. The number of halogens is 3. The topological polar surface area (TPSA) is 46.5 Å². The van der Waals surface area contributed by atoms with Crippen LogP contribution in [0.15, 0.2) is 12.1 Å². The van der Waals surface area contributed by atoms with Gasteiger partial charge in [0.05, 0.1) is 18.2 Å². The molecule has 1 aromatic rings. The lowest BCUT2D eigenvalue weighted by atomic mass is 10.0. The first-order valence-electron chi connectivity index (χ1n) is 4.26. The quantitative estimate of drug-likeness (QED) is 0.759. The first-order chi connectivity index (χ1) is 7.27. The Balaban J connectivity index is 3.45. The Morgan fingerprint density at radius 3 is 2.38 bits per heavy atom. The Hall–Kier alpha value is -1.72. The zero-order valence-electron chi connectivity index (χ0n) is 8.55. The second kappa shape index (κ2) is 4.03. The number of phenols is 1. The number of methoxy groups -OCH3 is 1. The van der Waals surface area contributed by atoms with Gasteiger partial charge in [-0.3, -0.25) is 0 Å². The van der Waals surface area contributed by atoms with Gasteiger partial charge in [0.2, 0.25) is 0 Å². The molecule has 0 aliphatic rings. The van der Waals surface area contributed by atoms with Crippen LogP contribution in [0, 0.1) is 6.92 Å². The fourth-order valence-electron chi connectivity index (χ4n) is 1.21. The standard InChI is InChI=1S/C10H9F3O3/c1-5-3-6(9(15)16-2)7(4-8(5)14)10(11,12)13/h3-4,14H,1-2H3. The fraction of sp³-hybridized carbons (Fsp3) is 0.300. The molecule has 88 valence electrons. The minimum atomic E-state index is -4.71. The number of benzene rings is 1. The summed E-state index contributed by atoms with van der Waals surface area (Å²) in [5.74, 6) is -1.60. The van der Waals surface area contributed by atoms with Crippen LogP contribution in [0.2, 0.25) is 0 Å². The minimum Gasteiger partial charge on any atom is -0.508 e. The Morgan fingerprint density at radius 1 is 1.38 bits per heavy atom. The maximum absolute atomic E-state index is 12.5. The molecule has 0 amide bonds. The van der Waals surface area contributed by atoms with Gasteiger partial charge in [0.1, 0.15) is 5.75 Å². The first kappa shape index (κ1) is 12.4. The highest BCUT2D eigenvalue weighted by molar-refractivity contribution is 5.91. The Bertz CT molecular complexity index is 424. The molecule has 3 nitrogen and oxygen atoms in total. The Morgan fingerprint density at radius 2 is 1.94 bits per heavy atom. The molecule has 0 spiro atoms. The van der Waals surface area contributed by atoms with Gasteiger partial charge in [-0.2, -0.15) is 13.2 Å². The van der Waals surface area contributed by atoms with E-state index in [1.807, 2.05) is 0 Å². The van der Waals surface area contributed by atoms with E-state index in [9.17, 15) is 23.1 Å². The van der Waals surface area contributed by atoms with Crippen molar-refractivity contribution >= 4 is 5.97 Å². The van der Waals surface area contributed by atoms with Gasteiger partial charge in [0.25, 0.3) is 0 Å². The molecular weight excluding hydrogens is 225 g/mol. The van der Waals surface area contributed by atoms with Crippen LogP contribution in [0.5, 0.6) is 5.75 Å². The number of aromatic hydroxyl groups is 1. The SMILES string of the molecule is COC(=O)c1cc(C)c(O)cc1C(F)(F)F. The van der Waals surface area contributed by atoms with Gasteiger partial charge in [-0.25, -0.2) is 4.79 Å². The van der Waals surface area contributed by atoms with Crippen molar-refractivity contribution in [3.8, 4) is 5.75 Å². The third kappa shape index (κ3) is 2.26. The molecule has 0 radical (unpaired) electrons. The minimum absolute atomic E-state index is 0.174. The van der Waals surface area contributed by atoms with Crippen molar-refractivity contribution in [2.45, 2.75) is 13.1 Å². The number of alkyl halides is 3. The van der Waals surface area contributed by atoms with Gasteiger partial charge in [-0.15, -0.1) is 0 Å². The van der Waals surface area contributed by atoms with E-state index in [2.05, 4.69) is 4.74 Å². The number of phenolic OH excluding ortho intramolecular Hbond substituents is 1. The lowest BCUT2D eigenvalue weighted by Gasteiger charge is -2.13. The molecule has 16 heavy (non-hydrogen) atoms. The molecule has 0 saturated heterocycles. The molecule has 0 atom stereocenters. The van der Waals surface area contributed by atoms with E-state index in [0.29, 0.717) is 6.07 Å². The monoisotopic (exact) mass is 234 g/mol. The molecule has 6 heteroatoms. The summed E-state index contributed by atoms with van der Waals surface area (Å²) in [5, 5.41) is 9.19. The van der Waals surface area contributed by atoms with Gasteiger partial charge in [0, 0.05) is 0 Å². The lowest BCUT2D eigenvalue weighted by molar-refractivity contribution is -0.138. The number of hydrogen-bond donors (Lipinski definition) is 1. The first-order valence-corrected chi connectivity index (χ1v) is 4.26. The van der Waals surface area contributed by atoms with Crippen LogP contribution < -0.4 is 0 Å². The Labute approximate surface area is 89.5 Å². The summed E-state index contributed by atoms with van der Waals surface area (Å²) in [4.78, 5) is 11.1. The second-order valence-electron chi connectivity index (χ2n) is 3.17. The number of carbonyl (C=O) groups is 1. The van der Waals surface area contributed by atoms with Crippen LogP contribution in [0.25, 0.3) is 0 Å². The van der Waals surface area contributed by atoms with E-state index >= 15 is 0 Å². The van der Waals surface area contributed by atoms with Crippen LogP contribution >= 0.6 is 0 Å². The van der Waals surface area contributed by atoms with Crippen LogP contribution in [-0.2, 0) is 10.9 Å². The van der Waals surface area contributed by atoms with E-state index in [-0.39, 0.29) is 5.56 Å². The number of esters is 1. The molecule has 0 fully saturated rings. The van der Waals surface area contributed by atoms with E-state index in [0.717, 1.165) is 13.2 Å². The summed E-state index contributed by atoms with van der Waals surface area (Å²) in [7, 11) is 0.991. The highest BCUT2D eigenvalue weighted by Gasteiger charge is 2.36. The van der Waals surface area contributed by atoms with Crippen molar-refractivity contribution in [3.05, 3.63) is 28.8 Å². The number of rotatable bonds is 1. The van der Waals surface area contributed by atoms with Crippen LogP contribution in [0.3, 0.4) is 0 Å². The molecule has 0 unspecified atom stereocenters. The Kier molecular flexibility index (Phi) is 3.11. The molecule has 0 aliphatic carbocycles. The van der Waals surface area contributed by atoms with Crippen LogP contribution in [-0.4, -0.2) is 18.2 Å². The van der Waals surface area contributed by atoms with Gasteiger partial charge >= 0.3 is 12.1 Å². The predicted octanol–water partition coefficient (Wildman–Crippen LogP) is 2.51. The van der Waals surface area contributed by atoms with E-state index in [4.69, 9.17) is 0 Å². The maximum Gasteiger partial charge on any atom is 0.417 e. The van der Waals surface area contributed by atoms with Gasteiger partial charge < -0.3 is 9.84 Å². The normalized spacial score (nSPS) is 11.3. The van der Waals surface area contributed by atoms with E-state index in [1.54, 1.807) is 0 Å². The molecule has 1 aromatic carbocycles. The smallest absolute Gasteiger partial charge is 0.417 e. The zero-order chi connectivity index (χ0) is 12.5. The molecule has 1 N–H and O–H groups in total. The van der Waals surface area contributed by atoms with Crippen LogP contribution in [0.1, 0.15) is 21.5 Å². The summed E-state index contributed by atoms with van der Waals surface area (Å²) in [6.07, 6.45) is -4.71. The van der Waals surface area contributed by atoms with Gasteiger partial charge in [0.15, 0.2) is 0 Å². The predicted molar refractivity (Wildman–Crippen MR) is 49.2 cm³/mol. The number of ether oxygens (including phenoxy) is 1. The molecule has 0 bridgehead atoms. The summed E-state index contributed by atoms with van der Waals surface area (Å²) in [5.41, 5.74) is -1.64. The second-order valence-corrected chi connectivity index (χ2v) is 3.17. The molecule has 0 aliphatic heterocycles. The highest BCUT2D eigenvalue weighted by atomic mass is 19.4. The van der Waals surface area contributed by atoms with Crippen molar-refractivity contribution in [1.82, 2.24) is 0 Å². The summed E-state index contributed by atoms with van der Waals surface area (Å²) in [6, 6.07) is 1.46. The average molecular weight is 234 g/mol. The lowest BCUT2D eigenvalue weighted by Crippen LogP contribution is -2.14. The van der Waals surface area contributed by atoms with Crippen molar-refractivity contribution < 1.29 is 27.8 Å². The molecule has 0 aromatic heterocycles. The molecule has 0 heterocycles. The molecule has 0 saturated carbocycles. The molecule has 1 rings (SSSR count). The van der Waals surface area contributed by atoms with Crippen LogP contribution in [0.4, 0.5) is 13.2 Å². The number of aryl methyl sites for hydroxylation is 1. The summed E-state index contributed by atoms with van der Waals surface area (Å²) < 4.78 is 41.9. The van der Waals surface area contributed by atoms with E-state index in [1.165, 1.54) is 6.92 Å². The van der Waals surface area contributed by atoms with Gasteiger partial charge in [-0.1, -0.05) is 0 Å². The number of carbonyl (C=O) groups excluding carboxylic acids is 1. The van der Waals surface area contributed by atoms with E-state index < -0.39 is 29.0 Å². The summed E-state index contributed by atoms with van der Waals surface area (Å²) >= 11 is 0. The maximum atomic E-state index is 12.5. The van der Waals surface area contributed by atoms with Crippen molar-refractivity contribution in [3.63, 3.8) is 0 Å². The average Bonchev–Trinajstić information content (AvgIpc) is 2.18. The third-order valence-electron chi connectivity index (χ3n) is 2.05. The largest absolute Gasteiger partial charge is 0.508 e. The highest BCUT2D eigenvalue weighted by Crippen LogP contribution is 2.35. The van der Waals surface area contributed by atoms with Crippen molar-refractivity contribution in [1.29, 1.82) is 0 Å². The fourth-order valence-corrected chi connectivity index (χ4v) is 1.21. The van der Waals surface area contributed by atoms with Crippen molar-refractivity contribution in [2.24, 2.45) is 0 Å². The van der Waals surface area contributed by atoms with Gasteiger partial charge in [-0.05, 0) is 24.6 Å². The molecular formula is C10H9F3O3. The summed E-state index contributed by atoms with van der Waals surface area (Å²) in [6.45, 7) is 1.39. The third-order valence-corrected chi connectivity index (χ3v) is 2.05. The number of hydrogen-bond acceptors (Lipinski definition) is 3. The van der Waals surface area contributed by atoms with Crippen molar-refractivity contribution in [2.75, 3.05) is 7.11 Å².